The van der Waals surface area contributed by atoms with Crippen LogP contribution in [-0.2, 0) is 5.75 Å². The molecule has 0 unspecified atom stereocenters. The van der Waals surface area contributed by atoms with Crippen molar-refractivity contribution in [3.63, 3.8) is 0 Å². The highest BCUT2D eigenvalue weighted by Gasteiger charge is 2.09. The smallest absolute Gasteiger partial charge is 0.146 e. The fraction of sp³-hybridized carbons (Fsp3) is 0.214. The van der Waals surface area contributed by atoms with Gasteiger partial charge in [0.1, 0.15) is 10.8 Å². The van der Waals surface area contributed by atoms with E-state index in [0.29, 0.717) is 15.9 Å². The van der Waals surface area contributed by atoms with Gasteiger partial charge in [-0.15, -0.1) is 11.8 Å². The van der Waals surface area contributed by atoms with Crippen LogP contribution in [0, 0.1) is 0 Å². The van der Waals surface area contributed by atoms with Gasteiger partial charge in [-0.05, 0) is 30.7 Å². The summed E-state index contributed by atoms with van der Waals surface area (Å²) >= 11 is 19.7. The topological polar surface area (TPSA) is 24.9 Å². The van der Waals surface area contributed by atoms with Crippen LogP contribution in [0.4, 0.5) is 5.82 Å². The quantitative estimate of drug-likeness (QED) is 0.695. The van der Waals surface area contributed by atoms with Gasteiger partial charge in [-0.2, -0.15) is 0 Å². The summed E-state index contributed by atoms with van der Waals surface area (Å²) < 4.78 is 0. The van der Waals surface area contributed by atoms with Gasteiger partial charge in [0.15, 0.2) is 0 Å². The first-order valence-electron chi connectivity index (χ1n) is 6.07. The molecule has 106 valence electrons. The molecule has 0 bridgehead atoms. The number of rotatable bonds is 5. The van der Waals surface area contributed by atoms with Crippen LogP contribution in [0.3, 0.4) is 0 Å². The lowest BCUT2D eigenvalue weighted by atomic mass is 10.2. The Labute approximate surface area is 137 Å². The summed E-state index contributed by atoms with van der Waals surface area (Å²) in [5, 5.41) is 5.71. The number of hydrogen-bond donors (Lipinski definition) is 1. The maximum Gasteiger partial charge on any atom is 0.146 e. The third-order valence-electron chi connectivity index (χ3n) is 2.53. The molecule has 2 nitrogen and oxygen atoms in total. The number of aromatic nitrogens is 1. The van der Waals surface area contributed by atoms with Crippen LogP contribution >= 0.6 is 46.6 Å². The zero-order valence-corrected chi connectivity index (χ0v) is 13.9. The molecule has 0 aliphatic rings. The minimum absolute atomic E-state index is 0.535. The Hall–Kier alpha value is -0.610. The van der Waals surface area contributed by atoms with Crippen molar-refractivity contribution in [1.29, 1.82) is 0 Å². The number of benzene rings is 1. The summed E-state index contributed by atoms with van der Waals surface area (Å²) in [4.78, 5) is 4.46. The van der Waals surface area contributed by atoms with E-state index in [9.17, 15) is 0 Å². The van der Waals surface area contributed by atoms with Crippen molar-refractivity contribution >= 4 is 52.4 Å². The van der Waals surface area contributed by atoms with Gasteiger partial charge in [-0.25, -0.2) is 4.98 Å². The Kier molecular flexibility index (Phi) is 5.85. The van der Waals surface area contributed by atoms with E-state index in [0.717, 1.165) is 27.9 Å². The lowest BCUT2D eigenvalue weighted by Gasteiger charge is -2.09. The number of anilines is 1. The van der Waals surface area contributed by atoms with E-state index in [1.165, 1.54) is 0 Å². The van der Waals surface area contributed by atoms with Gasteiger partial charge in [0, 0.05) is 17.3 Å². The molecular weight excluding hydrogens is 335 g/mol. The highest BCUT2D eigenvalue weighted by molar-refractivity contribution is 7.98. The SMILES string of the molecule is CCNc1nc(SCc2ccc(Cl)cc2)c(Cl)cc1Cl. The third-order valence-corrected chi connectivity index (χ3v) is 4.53. The van der Waals surface area contributed by atoms with Crippen molar-refractivity contribution in [2.45, 2.75) is 17.7 Å². The first-order chi connectivity index (χ1) is 9.60. The zero-order valence-electron chi connectivity index (χ0n) is 10.8. The van der Waals surface area contributed by atoms with Gasteiger partial charge in [0.2, 0.25) is 0 Å². The Morgan fingerprint density at radius 3 is 2.45 bits per heavy atom. The number of nitrogens with zero attached hydrogens (tertiary/aromatic N) is 1. The zero-order chi connectivity index (χ0) is 14.5. The molecule has 2 rings (SSSR count). The molecule has 1 N–H and O–H groups in total. The van der Waals surface area contributed by atoms with Gasteiger partial charge in [-0.3, -0.25) is 0 Å². The maximum atomic E-state index is 6.18. The lowest BCUT2D eigenvalue weighted by molar-refractivity contribution is 1.08. The average Bonchev–Trinajstić information content (AvgIpc) is 2.42. The summed E-state index contributed by atoms with van der Waals surface area (Å²) in [6.45, 7) is 2.75. The van der Waals surface area contributed by atoms with Gasteiger partial charge in [0.25, 0.3) is 0 Å². The molecule has 20 heavy (non-hydrogen) atoms. The predicted molar refractivity (Wildman–Crippen MR) is 89.4 cm³/mol. The molecular formula is C14H13Cl3N2S. The second-order valence-electron chi connectivity index (χ2n) is 4.05. The monoisotopic (exact) mass is 346 g/mol. The Morgan fingerprint density at radius 1 is 1.10 bits per heavy atom. The number of hydrogen-bond acceptors (Lipinski definition) is 3. The largest absolute Gasteiger partial charge is 0.369 e. The van der Waals surface area contributed by atoms with Crippen molar-refractivity contribution in [3.8, 4) is 0 Å². The minimum Gasteiger partial charge on any atom is -0.369 e. The van der Waals surface area contributed by atoms with Crippen LogP contribution in [-0.4, -0.2) is 11.5 Å². The molecule has 6 heteroatoms. The van der Waals surface area contributed by atoms with Crippen LogP contribution in [0.1, 0.15) is 12.5 Å². The second-order valence-corrected chi connectivity index (χ2v) is 6.27. The fourth-order valence-electron chi connectivity index (χ4n) is 1.57. The Balaban J connectivity index is 2.12. The molecule has 2 aromatic rings. The highest BCUT2D eigenvalue weighted by atomic mass is 35.5. The molecule has 0 aliphatic heterocycles. The predicted octanol–water partition coefficient (Wildman–Crippen LogP) is 5.77. The first-order valence-corrected chi connectivity index (χ1v) is 8.19. The molecule has 0 saturated heterocycles. The molecule has 0 spiro atoms. The summed E-state index contributed by atoms with van der Waals surface area (Å²) in [6, 6.07) is 9.45. The molecule has 0 aliphatic carbocycles. The molecule has 1 aromatic heterocycles. The van der Waals surface area contributed by atoms with Crippen molar-refractivity contribution in [1.82, 2.24) is 4.98 Å². The molecule has 1 aromatic carbocycles. The fourth-order valence-corrected chi connectivity index (χ4v) is 3.14. The van der Waals surface area contributed by atoms with Crippen molar-refractivity contribution in [2.75, 3.05) is 11.9 Å². The Morgan fingerprint density at radius 2 is 1.80 bits per heavy atom. The van der Waals surface area contributed by atoms with Crippen LogP contribution in [0.2, 0.25) is 15.1 Å². The summed E-state index contributed by atoms with van der Waals surface area (Å²) in [5.41, 5.74) is 1.16. The number of thioether (sulfide) groups is 1. The van der Waals surface area contributed by atoms with Gasteiger partial charge in [0.05, 0.1) is 10.0 Å². The lowest BCUT2D eigenvalue weighted by Crippen LogP contribution is -2.01. The van der Waals surface area contributed by atoms with E-state index >= 15 is 0 Å². The maximum absolute atomic E-state index is 6.18. The first kappa shape index (κ1) is 15.8. The second kappa shape index (κ2) is 7.41. The molecule has 0 saturated carbocycles. The van der Waals surface area contributed by atoms with Gasteiger partial charge < -0.3 is 5.32 Å². The van der Waals surface area contributed by atoms with Crippen LogP contribution in [0.15, 0.2) is 35.4 Å². The summed E-state index contributed by atoms with van der Waals surface area (Å²) in [7, 11) is 0. The van der Waals surface area contributed by atoms with Crippen molar-refractivity contribution < 1.29 is 0 Å². The molecule has 1 heterocycles. The number of nitrogens with one attached hydrogen (secondary N) is 1. The highest BCUT2D eigenvalue weighted by Crippen LogP contribution is 2.33. The third kappa shape index (κ3) is 4.19. The van der Waals surface area contributed by atoms with E-state index in [2.05, 4.69) is 10.3 Å². The molecule has 0 fully saturated rings. The standard InChI is InChI=1S/C14H13Cl3N2S/c1-2-18-13-11(16)7-12(17)14(19-13)20-8-9-3-5-10(15)6-4-9/h3-7H,2,8H2,1H3,(H,18,19). The van der Waals surface area contributed by atoms with Crippen LogP contribution in [0.25, 0.3) is 0 Å². The van der Waals surface area contributed by atoms with E-state index in [-0.39, 0.29) is 0 Å². The minimum atomic E-state index is 0.535. The van der Waals surface area contributed by atoms with Gasteiger partial charge >= 0.3 is 0 Å². The van der Waals surface area contributed by atoms with Crippen molar-refractivity contribution in [2.24, 2.45) is 0 Å². The van der Waals surface area contributed by atoms with E-state index in [4.69, 9.17) is 34.8 Å². The summed E-state index contributed by atoms with van der Waals surface area (Å²) in [6.07, 6.45) is 0. The molecule has 0 atom stereocenters. The average molecular weight is 348 g/mol. The molecule has 0 radical (unpaired) electrons. The van der Waals surface area contributed by atoms with E-state index in [1.54, 1.807) is 17.8 Å². The molecule has 0 amide bonds. The van der Waals surface area contributed by atoms with Crippen LogP contribution in [0.5, 0.6) is 0 Å². The van der Waals surface area contributed by atoms with E-state index < -0.39 is 0 Å². The normalized spacial score (nSPS) is 10.6. The number of halogens is 3. The summed E-state index contributed by atoms with van der Waals surface area (Å²) in [5.74, 6) is 1.44. The van der Waals surface area contributed by atoms with Crippen LogP contribution < -0.4 is 5.32 Å². The Bertz CT molecular complexity index is 588. The van der Waals surface area contributed by atoms with Crippen molar-refractivity contribution in [3.05, 3.63) is 51.0 Å². The van der Waals surface area contributed by atoms with Gasteiger partial charge in [-0.1, -0.05) is 46.9 Å². The van der Waals surface area contributed by atoms with E-state index in [1.807, 2.05) is 31.2 Å². The number of pyridine rings is 1.